The standard InChI is InChI=1S/C10H9F2N3O2/c1-2-16-10-15-14-9(17-10)5-3-6(11)7(12)4-8(5)13/h3-4H,2,13H2,1H3. The number of ether oxygens (including phenoxy) is 1. The lowest BCUT2D eigenvalue weighted by molar-refractivity contribution is 0.247. The quantitative estimate of drug-likeness (QED) is 0.832. The van der Waals surface area contributed by atoms with E-state index < -0.39 is 11.6 Å². The Morgan fingerprint density at radius 1 is 1.29 bits per heavy atom. The van der Waals surface area contributed by atoms with Gasteiger partial charge in [0.15, 0.2) is 11.6 Å². The summed E-state index contributed by atoms with van der Waals surface area (Å²) in [6.45, 7) is 2.10. The summed E-state index contributed by atoms with van der Waals surface area (Å²) < 4.78 is 35.9. The number of anilines is 1. The third-order valence-electron chi connectivity index (χ3n) is 2.00. The van der Waals surface area contributed by atoms with Crippen molar-refractivity contribution in [2.24, 2.45) is 0 Å². The van der Waals surface area contributed by atoms with Gasteiger partial charge in [-0.2, -0.15) is 0 Å². The molecule has 2 aromatic rings. The molecule has 0 saturated heterocycles. The molecule has 2 N–H and O–H groups in total. The number of nitrogen functional groups attached to an aromatic ring is 1. The highest BCUT2D eigenvalue weighted by Crippen LogP contribution is 2.28. The third kappa shape index (κ3) is 2.17. The lowest BCUT2D eigenvalue weighted by Crippen LogP contribution is -1.94. The monoisotopic (exact) mass is 241 g/mol. The zero-order chi connectivity index (χ0) is 12.4. The van der Waals surface area contributed by atoms with E-state index >= 15 is 0 Å². The third-order valence-corrected chi connectivity index (χ3v) is 2.00. The second-order valence-electron chi connectivity index (χ2n) is 3.16. The lowest BCUT2D eigenvalue weighted by atomic mass is 10.1. The van der Waals surface area contributed by atoms with Crippen molar-refractivity contribution in [3.05, 3.63) is 23.8 Å². The molecule has 0 unspecified atom stereocenters. The van der Waals surface area contributed by atoms with Crippen molar-refractivity contribution in [1.29, 1.82) is 0 Å². The van der Waals surface area contributed by atoms with Crippen LogP contribution in [0.15, 0.2) is 16.5 Å². The summed E-state index contributed by atoms with van der Waals surface area (Å²) in [5, 5.41) is 7.19. The van der Waals surface area contributed by atoms with Crippen molar-refractivity contribution in [3.8, 4) is 17.5 Å². The second-order valence-corrected chi connectivity index (χ2v) is 3.16. The molecule has 1 aromatic heterocycles. The maximum Gasteiger partial charge on any atom is 0.414 e. The van der Waals surface area contributed by atoms with Gasteiger partial charge in [0.25, 0.3) is 5.89 Å². The summed E-state index contributed by atoms with van der Waals surface area (Å²) in [6, 6.07) is 1.75. The zero-order valence-electron chi connectivity index (χ0n) is 8.91. The van der Waals surface area contributed by atoms with Crippen LogP contribution >= 0.6 is 0 Å². The Balaban J connectivity index is 2.41. The summed E-state index contributed by atoms with van der Waals surface area (Å²) in [5.74, 6) is -2.09. The molecule has 0 aliphatic heterocycles. The maximum absolute atomic E-state index is 13.0. The molecule has 1 aromatic carbocycles. The predicted molar refractivity (Wildman–Crippen MR) is 55.2 cm³/mol. The minimum Gasteiger partial charge on any atom is -0.449 e. The van der Waals surface area contributed by atoms with Crippen molar-refractivity contribution in [1.82, 2.24) is 10.2 Å². The SMILES string of the molecule is CCOc1nnc(-c2cc(F)c(F)cc2N)o1. The number of aromatic nitrogens is 2. The van der Waals surface area contributed by atoms with Gasteiger partial charge >= 0.3 is 6.08 Å². The van der Waals surface area contributed by atoms with E-state index in [-0.39, 0.29) is 23.2 Å². The van der Waals surface area contributed by atoms with Gasteiger partial charge in [-0.15, -0.1) is 5.10 Å². The normalized spacial score (nSPS) is 10.5. The highest BCUT2D eigenvalue weighted by molar-refractivity contribution is 5.70. The summed E-state index contributed by atoms with van der Waals surface area (Å²) in [6.07, 6.45) is -0.0494. The number of nitrogens with two attached hydrogens (primary N) is 1. The van der Waals surface area contributed by atoms with Crippen LogP contribution < -0.4 is 10.5 Å². The molecule has 17 heavy (non-hydrogen) atoms. The van der Waals surface area contributed by atoms with Gasteiger partial charge in [-0.3, -0.25) is 0 Å². The molecule has 0 radical (unpaired) electrons. The Morgan fingerprint density at radius 3 is 2.71 bits per heavy atom. The van der Waals surface area contributed by atoms with Crippen molar-refractivity contribution >= 4 is 5.69 Å². The fourth-order valence-corrected chi connectivity index (χ4v) is 1.25. The van der Waals surface area contributed by atoms with Crippen molar-refractivity contribution in [3.63, 3.8) is 0 Å². The Morgan fingerprint density at radius 2 is 2.00 bits per heavy atom. The molecular formula is C10H9F2N3O2. The minimum absolute atomic E-state index is 0.00981. The summed E-state index contributed by atoms with van der Waals surface area (Å²) >= 11 is 0. The molecule has 5 nitrogen and oxygen atoms in total. The highest BCUT2D eigenvalue weighted by Gasteiger charge is 2.15. The fourth-order valence-electron chi connectivity index (χ4n) is 1.25. The average Bonchev–Trinajstić information content (AvgIpc) is 2.72. The Hall–Kier alpha value is -2.18. The number of benzene rings is 1. The molecule has 2 rings (SSSR count). The zero-order valence-corrected chi connectivity index (χ0v) is 8.91. The van der Waals surface area contributed by atoms with Crippen LogP contribution in [0, 0.1) is 11.6 Å². The first-order chi connectivity index (χ1) is 8.11. The first-order valence-electron chi connectivity index (χ1n) is 4.83. The number of hydrogen-bond donors (Lipinski definition) is 1. The minimum atomic E-state index is -1.04. The van der Waals surface area contributed by atoms with E-state index in [1.54, 1.807) is 6.92 Å². The van der Waals surface area contributed by atoms with Crippen LogP contribution in [0.3, 0.4) is 0 Å². The molecule has 90 valence electrons. The van der Waals surface area contributed by atoms with E-state index in [0.717, 1.165) is 12.1 Å². The first-order valence-corrected chi connectivity index (χ1v) is 4.83. The summed E-state index contributed by atoms with van der Waals surface area (Å²) in [5.41, 5.74) is 5.67. The smallest absolute Gasteiger partial charge is 0.414 e. The molecule has 0 spiro atoms. The molecule has 0 saturated carbocycles. The van der Waals surface area contributed by atoms with Gasteiger partial charge in [0, 0.05) is 11.8 Å². The van der Waals surface area contributed by atoms with Crippen LogP contribution in [-0.2, 0) is 0 Å². The van der Waals surface area contributed by atoms with E-state index in [2.05, 4.69) is 10.2 Å². The predicted octanol–water partition coefficient (Wildman–Crippen LogP) is 2.00. The van der Waals surface area contributed by atoms with Crippen LogP contribution in [0.25, 0.3) is 11.5 Å². The Kier molecular flexibility index (Phi) is 2.90. The fraction of sp³-hybridized carbons (Fsp3) is 0.200. The van der Waals surface area contributed by atoms with E-state index in [1.807, 2.05) is 0 Å². The topological polar surface area (TPSA) is 74.2 Å². The number of nitrogens with zero attached hydrogens (tertiary/aromatic N) is 2. The molecule has 0 fully saturated rings. The van der Waals surface area contributed by atoms with E-state index in [0.29, 0.717) is 6.61 Å². The lowest BCUT2D eigenvalue weighted by Gasteiger charge is -2.01. The number of rotatable bonds is 3. The second kappa shape index (κ2) is 4.36. The molecule has 0 aliphatic carbocycles. The van der Waals surface area contributed by atoms with Gasteiger partial charge in [-0.05, 0) is 13.0 Å². The van der Waals surface area contributed by atoms with Crippen LogP contribution in [0.5, 0.6) is 6.08 Å². The molecule has 0 aliphatic rings. The molecule has 0 bridgehead atoms. The van der Waals surface area contributed by atoms with Crippen LogP contribution in [0.4, 0.5) is 14.5 Å². The van der Waals surface area contributed by atoms with Crippen molar-refractivity contribution in [2.75, 3.05) is 12.3 Å². The highest BCUT2D eigenvalue weighted by atomic mass is 19.2. The van der Waals surface area contributed by atoms with Crippen molar-refractivity contribution < 1.29 is 17.9 Å². The molecule has 7 heteroatoms. The number of hydrogen-bond acceptors (Lipinski definition) is 5. The van der Waals surface area contributed by atoms with E-state index in [1.165, 1.54) is 0 Å². The maximum atomic E-state index is 13.0. The molecule has 1 heterocycles. The van der Waals surface area contributed by atoms with Gasteiger partial charge in [0.2, 0.25) is 0 Å². The van der Waals surface area contributed by atoms with Crippen LogP contribution in [-0.4, -0.2) is 16.8 Å². The van der Waals surface area contributed by atoms with E-state index in [9.17, 15) is 8.78 Å². The average molecular weight is 241 g/mol. The van der Waals surface area contributed by atoms with Gasteiger partial charge in [-0.1, -0.05) is 5.10 Å². The molecular weight excluding hydrogens is 232 g/mol. The van der Waals surface area contributed by atoms with Gasteiger partial charge in [-0.25, -0.2) is 8.78 Å². The Labute approximate surface area is 95.2 Å². The van der Waals surface area contributed by atoms with Gasteiger partial charge in [0.05, 0.1) is 12.2 Å². The molecule has 0 atom stereocenters. The first kappa shape index (κ1) is 11.3. The number of halogens is 2. The van der Waals surface area contributed by atoms with E-state index in [4.69, 9.17) is 14.9 Å². The van der Waals surface area contributed by atoms with Gasteiger partial charge in [0.1, 0.15) is 0 Å². The van der Waals surface area contributed by atoms with Crippen LogP contribution in [0.2, 0.25) is 0 Å². The van der Waals surface area contributed by atoms with Crippen LogP contribution in [0.1, 0.15) is 6.92 Å². The molecule has 0 amide bonds. The summed E-state index contributed by atoms with van der Waals surface area (Å²) in [7, 11) is 0. The summed E-state index contributed by atoms with van der Waals surface area (Å²) in [4.78, 5) is 0. The van der Waals surface area contributed by atoms with Crippen molar-refractivity contribution in [2.45, 2.75) is 6.92 Å². The van der Waals surface area contributed by atoms with Gasteiger partial charge < -0.3 is 14.9 Å². The Bertz CT molecular complexity index is 542. The largest absolute Gasteiger partial charge is 0.449 e.